The zero-order valence-electron chi connectivity index (χ0n) is 13.1. The Balaban J connectivity index is 2.16. The van der Waals surface area contributed by atoms with Crippen LogP contribution in [0.5, 0.6) is 11.5 Å². The smallest absolute Gasteiger partial charge is 0.437 e. The fourth-order valence-electron chi connectivity index (χ4n) is 2.43. The van der Waals surface area contributed by atoms with E-state index < -0.39 is 12.3 Å². The summed E-state index contributed by atoms with van der Waals surface area (Å²) >= 11 is 0. The summed E-state index contributed by atoms with van der Waals surface area (Å²) in [4.78, 5) is 22.8. The zero-order chi connectivity index (χ0) is 17.1. The standard InChI is InChI=1S/C18H14O6/c1-21-17(19)23-15-7-3-5-11-10-14-12(9-13(11)15)6-4-8-16(14)24-18(20)22-2/h3-10H,1-2H3. The van der Waals surface area contributed by atoms with Crippen molar-refractivity contribution in [3.05, 3.63) is 48.5 Å². The van der Waals surface area contributed by atoms with E-state index in [1.807, 2.05) is 24.3 Å². The number of hydrogen-bond donors (Lipinski definition) is 0. The first-order chi connectivity index (χ1) is 11.6. The van der Waals surface area contributed by atoms with Crippen LogP contribution in [0, 0.1) is 0 Å². The Morgan fingerprint density at radius 1 is 0.708 bits per heavy atom. The van der Waals surface area contributed by atoms with Gasteiger partial charge in [0.25, 0.3) is 0 Å². The van der Waals surface area contributed by atoms with Crippen LogP contribution in [0.15, 0.2) is 48.5 Å². The zero-order valence-corrected chi connectivity index (χ0v) is 13.1. The number of hydrogen-bond acceptors (Lipinski definition) is 6. The van der Waals surface area contributed by atoms with Gasteiger partial charge in [0.05, 0.1) is 14.2 Å². The number of carbonyl (C=O) groups is 2. The first-order valence-electron chi connectivity index (χ1n) is 7.09. The Morgan fingerprint density at radius 2 is 1.12 bits per heavy atom. The summed E-state index contributed by atoms with van der Waals surface area (Å²) in [5.74, 6) is 0.779. The van der Waals surface area contributed by atoms with Crippen LogP contribution in [0.25, 0.3) is 21.5 Å². The van der Waals surface area contributed by atoms with Gasteiger partial charge >= 0.3 is 12.3 Å². The highest BCUT2D eigenvalue weighted by molar-refractivity contribution is 6.03. The topological polar surface area (TPSA) is 71.1 Å². The Morgan fingerprint density at radius 3 is 1.50 bits per heavy atom. The number of benzene rings is 3. The second-order valence-corrected chi connectivity index (χ2v) is 4.92. The van der Waals surface area contributed by atoms with Crippen molar-refractivity contribution in [3.8, 4) is 11.5 Å². The molecule has 3 aromatic rings. The summed E-state index contributed by atoms with van der Waals surface area (Å²) in [6.45, 7) is 0. The molecular formula is C18H14O6. The molecule has 0 saturated heterocycles. The Bertz CT molecular complexity index is 854. The molecule has 3 aromatic carbocycles. The molecule has 0 aliphatic carbocycles. The fraction of sp³-hybridized carbons (Fsp3) is 0.111. The Hall–Kier alpha value is -3.28. The van der Waals surface area contributed by atoms with E-state index in [9.17, 15) is 9.59 Å². The van der Waals surface area contributed by atoms with Crippen LogP contribution in [-0.2, 0) is 9.47 Å². The predicted octanol–water partition coefficient (Wildman–Crippen LogP) is 4.28. The summed E-state index contributed by atoms with van der Waals surface area (Å²) in [5.41, 5.74) is 0. The van der Waals surface area contributed by atoms with E-state index in [-0.39, 0.29) is 0 Å². The molecule has 0 N–H and O–H groups in total. The van der Waals surface area contributed by atoms with Gasteiger partial charge in [0, 0.05) is 10.8 Å². The van der Waals surface area contributed by atoms with Gasteiger partial charge in [0.2, 0.25) is 0 Å². The van der Waals surface area contributed by atoms with Crippen molar-refractivity contribution in [3.63, 3.8) is 0 Å². The predicted molar refractivity (Wildman–Crippen MR) is 87.5 cm³/mol. The molecule has 24 heavy (non-hydrogen) atoms. The van der Waals surface area contributed by atoms with Gasteiger partial charge in [-0.3, -0.25) is 0 Å². The minimum atomic E-state index is -0.787. The molecule has 122 valence electrons. The van der Waals surface area contributed by atoms with Gasteiger partial charge < -0.3 is 18.9 Å². The number of fused-ring (bicyclic) bond motifs is 2. The first kappa shape index (κ1) is 15.6. The van der Waals surface area contributed by atoms with Crippen molar-refractivity contribution < 1.29 is 28.5 Å². The molecule has 3 rings (SSSR count). The molecule has 0 aromatic heterocycles. The molecule has 0 spiro atoms. The molecule has 0 aliphatic heterocycles. The van der Waals surface area contributed by atoms with Crippen molar-refractivity contribution in [2.75, 3.05) is 14.2 Å². The van der Waals surface area contributed by atoms with Crippen LogP contribution in [0.2, 0.25) is 0 Å². The van der Waals surface area contributed by atoms with Gasteiger partial charge in [-0.1, -0.05) is 24.3 Å². The van der Waals surface area contributed by atoms with Crippen LogP contribution in [-0.4, -0.2) is 26.5 Å². The van der Waals surface area contributed by atoms with E-state index in [4.69, 9.17) is 9.47 Å². The number of carbonyl (C=O) groups excluding carboxylic acids is 2. The highest BCUT2D eigenvalue weighted by atomic mass is 16.7. The summed E-state index contributed by atoms with van der Waals surface area (Å²) in [7, 11) is 2.50. The maximum absolute atomic E-state index is 11.4. The molecule has 0 bridgehead atoms. The molecule has 0 amide bonds. The van der Waals surface area contributed by atoms with E-state index >= 15 is 0 Å². The Labute approximate surface area is 137 Å². The third-order valence-corrected chi connectivity index (χ3v) is 3.52. The summed E-state index contributed by atoms with van der Waals surface area (Å²) in [6, 6.07) is 14.3. The highest BCUT2D eigenvalue weighted by Crippen LogP contribution is 2.34. The minimum Gasteiger partial charge on any atom is -0.437 e. The van der Waals surface area contributed by atoms with E-state index in [1.165, 1.54) is 14.2 Å². The lowest BCUT2D eigenvalue weighted by Crippen LogP contribution is -2.08. The minimum absolute atomic E-state index is 0.389. The summed E-state index contributed by atoms with van der Waals surface area (Å²) < 4.78 is 19.4. The van der Waals surface area contributed by atoms with Crippen LogP contribution in [0.3, 0.4) is 0 Å². The van der Waals surface area contributed by atoms with Crippen molar-refractivity contribution in [1.82, 2.24) is 0 Å². The normalized spacial score (nSPS) is 10.4. The van der Waals surface area contributed by atoms with Gasteiger partial charge in [-0.15, -0.1) is 0 Å². The molecule has 0 radical (unpaired) electrons. The summed E-state index contributed by atoms with van der Waals surface area (Å²) in [6.07, 6.45) is -1.57. The lowest BCUT2D eigenvalue weighted by atomic mass is 10.0. The molecule has 0 aliphatic rings. The number of methoxy groups -OCH3 is 2. The third kappa shape index (κ3) is 2.94. The lowest BCUT2D eigenvalue weighted by molar-refractivity contribution is 0.121. The molecule has 6 nitrogen and oxygen atoms in total. The number of ether oxygens (including phenoxy) is 4. The monoisotopic (exact) mass is 326 g/mol. The molecule has 0 fully saturated rings. The quantitative estimate of drug-likeness (QED) is 0.397. The largest absolute Gasteiger partial charge is 0.513 e. The van der Waals surface area contributed by atoms with Crippen LogP contribution < -0.4 is 9.47 Å². The van der Waals surface area contributed by atoms with E-state index in [0.717, 1.165) is 21.5 Å². The molecule has 0 unspecified atom stereocenters. The SMILES string of the molecule is COC(=O)Oc1cccc2cc3c(OC(=O)OC)cccc3cc12. The van der Waals surface area contributed by atoms with Crippen molar-refractivity contribution in [1.29, 1.82) is 0 Å². The molecule has 0 atom stereocenters. The first-order valence-corrected chi connectivity index (χ1v) is 7.09. The second-order valence-electron chi connectivity index (χ2n) is 4.92. The van der Waals surface area contributed by atoms with Crippen LogP contribution in [0.1, 0.15) is 0 Å². The molecule has 0 saturated carbocycles. The molecule has 0 heterocycles. The van der Waals surface area contributed by atoms with E-state index in [1.54, 1.807) is 24.3 Å². The summed E-state index contributed by atoms with van der Waals surface area (Å²) in [5, 5.41) is 3.13. The third-order valence-electron chi connectivity index (χ3n) is 3.52. The van der Waals surface area contributed by atoms with Gasteiger partial charge in [0.1, 0.15) is 11.5 Å². The Kier molecular flexibility index (Phi) is 4.20. The van der Waals surface area contributed by atoms with Gasteiger partial charge in [-0.05, 0) is 35.0 Å². The van der Waals surface area contributed by atoms with Crippen LogP contribution in [0.4, 0.5) is 9.59 Å². The fourth-order valence-corrected chi connectivity index (χ4v) is 2.43. The lowest BCUT2D eigenvalue weighted by Gasteiger charge is -2.10. The van der Waals surface area contributed by atoms with E-state index in [2.05, 4.69) is 9.47 Å². The average molecular weight is 326 g/mol. The maximum atomic E-state index is 11.4. The molecule has 6 heteroatoms. The van der Waals surface area contributed by atoms with Gasteiger partial charge in [-0.2, -0.15) is 0 Å². The number of rotatable bonds is 2. The van der Waals surface area contributed by atoms with Crippen molar-refractivity contribution in [2.24, 2.45) is 0 Å². The highest BCUT2D eigenvalue weighted by Gasteiger charge is 2.12. The molecular weight excluding hydrogens is 312 g/mol. The average Bonchev–Trinajstić information content (AvgIpc) is 2.60. The van der Waals surface area contributed by atoms with E-state index in [0.29, 0.717) is 11.5 Å². The van der Waals surface area contributed by atoms with Gasteiger partial charge in [0.15, 0.2) is 0 Å². The van der Waals surface area contributed by atoms with Gasteiger partial charge in [-0.25, -0.2) is 9.59 Å². The van der Waals surface area contributed by atoms with Crippen LogP contribution >= 0.6 is 0 Å². The maximum Gasteiger partial charge on any atom is 0.513 e. The van der Waals surface area contributed by atoms with Crippen molar-refractivity contribution in [2.45, 2.75) is 0 Å². The van der Waals surface area contributed by atoms with Crippen molar-refractivity contribution >= 4 is 33.9 Å². The second kappa shape index (κ2) is 6.45.